The van der Waals surface area contributed by atoms with Crippen molar-refractivity contribution in [3.05, 3.63) is 0 Å². The lowest BCUT2D eigenvalue weighted by Crippen LogP contribution is -3.00. The second-order valence-electron chi connectivity index (χ2n) is 15.9. The fourth-order valence-corrected chi connectivity index (χ4v) is 12.3. The lowest BCUT2D eigenvalue weighted by atomic mass is 9.44. The summed E-state index contributed by atoms with van der Waals surface area (Å²) in [7, 11) is 5.14. The number of quaternary nitrogens is 2. The van der Waals surface area contributed by atoms with Gasteiger partial charge in [0.15, 0.2) is 6.10 Å². The average molecular weight is 675 g/mol. The molecule has 0 N–H and O–H groups in total. The number of halogens is 2. The summed E-state index contributed by atoms with van der Waals surface area (Å²) in [4.78, 5) is 12.2. The van der Waals surface area contributed by atoms with Crippen LogP contribution in [0, 0.1) is 34.5 Å². The smallest absolute Gasteiger partial charge is 0.303 e. The standard InChI is InChI=1S/C33H58N2O2.2BrH/c1-24(36)37-30-22-25-12-13-26-27-14-15-31(35(5)20-10-7-11-21-35)32(27,2)17-16-28(26)33(25,3)23-29(30)34(4)18-8-6-9-19-34;;/h25-31H,6-23H2,1-5H3;2*1H/q+2;;/p-2/t25-,26-,27-,28-,29-,30-,31-,32-,33-;;/m0../s1. The van der Waals surface area contributed by atoms with Crippen LogP contribution in [-0.4, -0.2) is 73.4 Å². The maximum Gasteiger partial charge on any atom is 0.303 e. The third kappa shape index (κ3) is 5.35. The van der Waals surface area contributed by atoms with Crippen molar-refractivity contribution in [3.63, 3.8) is 0 Å². The molecule has 226 valence electrons. The molecule has 0 unspecified atom stereocenters. The zero-order valence-corrected chi connectivity index (χ0v) is 28.9. The molecule has 2 heterocycles. The number of likely N-dealkylation sites (N-methyl/N-ethyl adjacent to an activating group) is 1. The van der Waals surface area contributed by atoms with Gasteiger partial charge in [0, 0.05) is 25.2 Å². The summed E-state index contributed by atoms with van der Waals surface area (Å²) in [5, 5.41) is 0. The van der Waals surface area contributed by atoms with E-state index >= 15 is 0 Å². The fourth-order valence-electron chi connectivity index (χ4n) is 12.3. The molecule has 4 nitrogen and oxygen atoms in total. The number of ether oxygens (including phenoxy) is 1. The third-order valence-electron chi connectivity index (χ3n) is 14.2. The van der Waals surface area contributed by atoms with Crippen molar-refractivity contribution < 1.29 is 52.5 Å². The molecule has 9 atom stereocenters. The highest BCUT2D eigenvalue weighted by Crippen LogP contribution is 2.67. The van der Waals surface area contributed by atoms with Gasteiger partial charge in [-0.15, -0.1) is 0 Å². The first-order valence-electron chi connectivity index (χ1n) is 16.4. The normalized spacial score (nSPS) is 46.3. The van der Waals surface area contributed by atoms with Crippen LogP contribution in [0.15, 0.2) is 0 Å². The number of fused-ring (bicyclic) bond motifs is 5. The average Bonchev–Trinajstić information content (AvgIpc) is 3.23. The molecule has 2 saturated heterocycles. The van der Waals surface area contributed by atoms with Crippen LogP contribution in [0.25, 0.3) is 0 Å². The topological polar surface area (TPSA) is 26.3 Å². The van der Waals surface area contributed by atoms with Crippen molar-refractivity contribution >= 4 is 5.97 Å². The summed E-state index contributed by atoms with van der Waals surface area (Å²) in [5.41, 5.74) is 0.974. The molecule has 2 aliphatic heterocycles. The number of hydrogen-bond acceptors (Lipinski definition) is 2. The third-order valence-corrected chi connectivity index (χ3v) is 14.2. The van der Waals surface area contributed by atoms with Crippen molar-refractivity contribution in [2.24, 2.45) is 34.5 Å². The molecule has 0 aromatic heterocycles. The van der Waals surface area contributed by atoms with Gasteiger partial charge in [0.05, 0.1) is 46.3 Å². The molecule has 0 aromatic carbocycles. The van der Waals surface area contributed by atoms with Gasteiger partial charge < -0.3 is 47.7 Å². The SMILES string of the molecule is CC(=O)O[C@H]1C[C@@H]2CC[C@@H]3[C@H](CC[C@@]4(C)[C@H]3CC[C@@H]4[N+]3(C)CCCCC3)[C@@]2(C)C[C@@H]1[N+]1(C)CCCCC1.[Br-].[Br-]. The van der Waals surface area contributed by atoms with E-state index in [4.69, 9.17) is 4.74 Å². The number of nitrogens with zero attached hydrogens (tertiary/aromatic N) is 2. The van der Waals surface area contributed by atoms with Crippen LogP contribution in [0.1, 0.15) is 111 Å². The molecule has 39 heavy (non-hydrogen) atoms. The van der Waals surface area contributed by atoms with E-state index in [0.717, 1.165) is 40.6 Å². The quantitative estimate of drug-likeness (QED) is 0.324. The zero-order valence-electron chi connectivity index (χ0n) is 25.7. The van der Waals surface area contributed by atoms with E-state index in [1.807, 2.05) is 0 Å². The minimum Gasteiger partial charge on any atom is -1.00 e. The Morgan fingerprint density at radius 3 is 1.95 bits per heavy atom. The molecule has 0 aromatic rings. The van der Waals surface area contributed by atoms with E-state index in [1.165, 1.54) is 114 Å². The van der Waals surface area contributed by atoms with E-state index in [9.17, 15) is 4.79 Å². The molecule has 4 aliphatic carbocycles. The predicted octanol–water partition coefficient (Wildman–Crippen LogP) is 0.577. The molecule has 6 rings (SSSR count). The summed E-state index contributed by atoms with van der Waals surface area (Å²) < 4.78 is 8.70. The van der Waals surface area contributed by atoms with Gasteiger partial charge in [0.1, 0.15) is 6.04 Å². The predicted molar refractivity (Wildman–Crippen MR) is 150 cm³/mol. The summed E-state index contributed by atoms with van der Waals surface area (Å²) in [6, 6.07) is 1.39. The van der Waals surface area contributed by atoms with Gasteiger partial charge in [-0.1, -0.05) is 13.8 Å². The number of carbonyl (C=O) groups is 1. The maximum absolute atomic E-state index is 12.2. The van der Waals surface area contributed by atoms with Crippen molar-refractivity contribution in [2.75, 3.05) is 40.3 Å². The van der Waals surface area contributed by atoms with Crippen LogP contribution < -0.4 is 34.0 Å². The Labute approximate surface area is 261 Å². The van der Waals surface area contributed by atoms with E-state index in [-0.39, 0.29) is 46.0 Å². The van der Waals surface area contributed by atoms with Crippen molar-refractivity contribution in [3.8, 4) is 0 Å². The minimum absolute atomic E-state index is 0. The van der Waals surface area contributed by atoms with Gasteiger partial charge in [-0.25, -0.2) is 0 Å². The lowest BCUT2D eigenvalue weighted by molar-refractivity contribution is -0.944. The summed E-state index contributed by atoms with van der Waals surface area (Å²) in [6.45, 7) is 12.5. The molecule has 0 spiro atoms. The Kier molecular flexibility index (Phi) is 9.76. The minimum atomic E-state index is -0.0596. The Morgan fingerprint density at radius 2 is 1.33 bits per heavy atom. The maximum atomic E-state index is 12.2. The highest BCUT2D eigenvalue weighted by Gasteiger charge is 2.65. The molecular weight excluding hydrogens is 616 g/mol. The van der Waals surface area contributed by atoms with E-state index in [1.54, 1.807) is 6.92 Å². The molecular formula is C33H58Br2N2O2. The van der Waals surface area contributed by atoms with Gasteiger partial charge >= 0.3 is 5.97 Å². The van der Waals surface area contributed by atoms with Gasteiger partial charge in [-0.3, -0.25) is 4.79 Å². The molecule has 0 amide bonds. The van der Waals surface area contributed by atoms with Gasteiger partial charge in [-0.05, 0) is 106 Å². The Hall–Kier alpha value is 0.350. The number of hydrogen-bond donors (Lipinski definition) is 0. The van der Waals surface area contributed by atoms with Crippen molar-refractivity contribution in [2.45, 2.75) is 129 Å². The number of esters is 1. The van der Waals surface area contributed by atoms with Crippen molar-refractivity contribution in [1.82, 2.24) is 0 Å². The van der Waals surface area contributed by atoms with Crippen LogP contribution in [-0.2, 0) is 9.53 Å². The van der Waals surface area contributed by atoms with Crippen LogP contribution in [0.3, 0.4) is 0 Å². The Bertz CT molecular complexity index is 872. The summed E-state index contributed by atoms with van der Waals surface area (Å²) >= 11 is 0. The van der Waals surface area contributed by atoms with Crippen molar-refractivity contribution in [1.29, 1.82) is 0 Å². The first-order chi connectivity index (χ1) is 17.6. The highest BCUT2D eigenvalue weighted by atomic mass is 79.9. The number of carbonyl (C=O) groups excluding carboxylic acids is 1. The van der Waals surface area contributed by atoms with Crippen LogP contribution in [0.5, 0.6) is 0 Å². The monoisotopic (exact) mass is 672 g/mol. The van der Waals surface area contributed by atoms with Crippen LogP contribution >= 0.6 is 0 Å². The van der Waals surface area contributed by atoms with Gasteiger partial charge in [0.25, 0.3) is 0 Å². The Balaban J connectivity index is 0.00000176. The first kappa shape index (κ1) is 32.3. The second-order valence-corrected chi connectivity index (χ2v) is 15.9. The highest BCUT2D eigenvalue weighted by molar-refractivity contribution is 5.66. The second kappa shape index (κ2) is 11.8. The molecule has 4 saturated carbocycles. The largest absolute Gasteiger partial charge is 1.00 e. The summed E-state index contributed by atoms with van der Waals surface area (Å²) in [6.07, 6.45) is 19.6. The van der Waals surface area contributed by atoms with E-state index < -0.39 is 0 Å². The first-order valence-corrected chi connectivity index (χ1v) is 16.4. The van der Waals surface area contributed by atoms with Gasteiger partial charge in [0.2, 0.25) is 0 Å². The Morgan fingerprint density at radius 1 is 0.744 bits per heavy atom. The fraction of sp³-hybridized carbons (Fsp3) is 0.970. The number of rotatable bonds is 3. The zero-order chi connectivity index (χ0) is 26.1. The van der Waals surface area contributed by atoms with E-state index in [0.29, 0.717) is 16.9 Å². The molecule has 6 aliphatic rings. The van der Waals surface area contributed by atoms with E-state index in [2.05, 4.69) is 27.9 Å². The number of piperidine rings is 2. The van der Waals surface area contributed by atoms with Crippen LogP contribution in [0.4, 0.5) is 0 Å². The lowest BCUT2D eigenvalue weighted by Gasteiger charge is -2.63. The summed E-state index contributed by atoms with van der Waals surface area (Å²) in [5.74, 6) is 3.43. The van der Waals surface area contributed by atoms with Gasteiger partial charge in [-0.2, -0.15) is 0 Å². The number of likely N-dealkylation sites (tertiary alicyclic amines) is 2. The molecule has 6 heteroatoms. The van der Waals surface area contributed by atoms with Crippen LogP contribution in [0.2, 0.25) is 0 Å². The molecule has 0 radical (unpaired) electrons. The molecule has 6 fully saturated rings. The molecule has 0 bridgehead atoms.